The molecular formula is C10H19N3. The van der Waals surface area contributed by atoms with Crippen LogP contribution in [-0.4, -0.2) is 15.0 Å². The van der Waals surface area contributed by atoms with Gasteiger partial charge in [-0.05, 0) is 12.8 Å². The second-order valence-electron chi connectivity index (χ2n) is 3.36. The minimum Gasteiger partial charge on any atom is -0.249 e. The van der Waals surface area contributed by atoms with Crippen LogP contribution in [0.2, 0.25) is 0 Å². The van der Waals surface area contributed by atoms with Gasteiger partial charge in [-0.2, -0.15) is 0 Å². The molecule has 0 aliphatic carbocycles. The highest BCUT2D eigenvalue weighted by atomic mass is 15.4. The number of aromatic nitrogens is 3. The summed E-state index contributed by atoms with van der Waals surface area (Å²) >= 11 is 0. The van der Waals surface area contributed by atoms with E-state index in [9.17, 15) is 0 Å². The van der Waals surface area contributed by atoms with Crippen molar-refractivity contribution in [3.05, 3.63) is 11.9 Å². The van der Waals surface area contributed by atoms with Crippen molar-refractivity contribution in [2.75, 3.05) is 0 Å². The van der Waals surface area contributed by atoms with E-state index in [1.54, 1.807) is 0 Å². The fraction of sp³-hybridized carbons (Fsp3) is 0.800. The van der Waals surface area contributed by atoms with Crippen LogP contribution in [0.15, 0.2) is 6.20 Å². The Bertz CT molecular complexity index is 230. The van der Waals surface area contributed by atoms with Crippen molar-refractivity contribution in [1.82, 2.24) is 15.0 Å². The molecular weight excluding hydrogens is 162 g/mol. The third-order valence-electron chi connectivity index (χ3n) is 2.28. The molecule has 0 aliphatic rings. The van der Waals surface area contributed by atoms with Gasteiger partial charge in [-0.1, -0.05) is 38.3 Å². The summed E-state index contributed by atoms with van der Waals surface area (Å²) in [5.74, 6) is 0. The van der Waals surface area contributed by atoms with E-state index >= 15 is 0 Å². The molecule has 3 heteroatoms. The lowest BCUT2D eigenvalue weighted by atomic mass is 10.2. The van der Waals surface area contributed by atoms with E-state index in [1.807, 2.05) is 10.9 Å². The number of hydrogen-bond donors (Lipinski definition) is 0. The highest BCUT2D eigenvalue weighted by molar-refractivity contribution is 4.92. The number of rotatable bonds is 6. The fourth-order valence-electron chi connectivity index (χ4n) is 1.43. The Hall–Kier alpha value is -0.860. The SMILES string of the molecule is CCCCCCn1nncc1CC. The molecule has 0 bridgehead atoms. The molecule has 13 heavy (non-hydrogen) atoms. The van der Waals surface area contributed by atoms with Gasteiger partial charge in [0.2, 0.25) is 0 Å². The lowest BCUT2D eigenvalue weighted by molar-refractivity contribution is 0.513. The first-order chi connectivity index (χ1) is 6.38. The van der Waals surface area contributed by atoms with Crippen LogP contribution in [0.25, 0.3) is 0 Å². The zero-order chi connectivity index (χ0) is 9.52. The molecule has 0 saturated heterocycles. The highest BCUT2D eigenvalue weighted by Crippen LogP contribution is 2.03. The van der Waals surface area contributed by atoms with E-state index in [0.717, 1.165) is 13.0 Å². The zero-order valence-corrected chi connectivity index (χ0v) is 8.66. The van der Waals surface area contributed by atoms with Crippen molar-refractivity contribution >= 4 is 0 Å². The Morgan fingerprint density at radius 3 is 2.77 bits per heavy atom. The van der Waals surface area contributed by atoms with Gasteiger partial charge < -0.3 is 0 Å². The number of hydrogen-bond acceptors (Lipinski definition) is 2. The first-order valence-electron chi connectivity index (χ1n) is 5.25. The maximum absolute atomic E-state index is 4.05. The van der Waals surface area contributed by atoms with Crippen LogP contribution < -0.4 is 0 Å². The van der Waals surface area contributed by atoms with Gasteiger partial charge >= 0.3 is 0 Å². The van der Waals surface area contributed by atoms with Crippen molar-refractivity contribution in [3.8, 4) is 0 Å². The molecule has 1 rings (SSSR count). The average molecular weight is 181 g/mol. The molecule has 0 saturated carbocycles. The summed E-state index contributed by atoms with van der Waals surface area (Å²) in [6.45, 7) is 5.40. The molecule has 0 aliphatic heterocycles. The zero-order valence-electron chi connectivity index (χ0n) is 8.66. The smallest absolute Gasteiger partial charge is 0.0725 e. The molecule has 0 atom stereocenters. The summed E-state index contributed by atoms with van der Waals surface area (Å²) in [5.41, 5.74) is 1.25. The van der Waals surface area contributed by atoms with Crippen LogP contribution in [0.4, 0.5) is 0 Å². The van der Waals surface area contributed by atoms with Gasteiger partial charge in [0.05, 0.1) is 11.9 Å². The minimum atomic E-state index is 1.03. The number of aryl methyl sites for hydroxylation is 2. The van der Waals surface area contributed by atoms with E-state index in [1.165, 1.54) is 31.4 Å². The van der Waals surface area contributed by atoms with Gasteiger partial charge in [-0.15, -0.1) is 5.10 Å². The Kier molecular flexibility index (Phi) is 4.50. The number of nitrogens with zero attached hydrogens (tertiary/aromatic N) is 3. The number of unbranched alkanes of at least 4 members (excludes halogenated alkanes) is 3. The molecule has 3 nitrogen and oxygen atoms in total. The maximum atomic E-state index is 4.05. The van der Waals surface area contributed by atoms with Gasteiger partial charge in [0, 0.05) is 6.54 Å². The summed E-state index contributed by atoms with van der Waals surface area (Å²) in [7, 11) is 0. The Morgan fingerprint density at radius 2 is 2.08 bits per heavy atom. The second-order valence-corrected chi connectivity index (χ2v) is 3.36. The predicted octanol–water partition coefficient (Wildman–Crippen LogP) is 2.42. The summed E-state index contributed by atoms with van der Waals surface area (Å²) in [4.78, 5) is 0. The van der Waals surface area contributed by atoms with Crippen LogP contribution in [-0.2, 0) is 13.0 Å². The Labute approximate surface area is 80.1 Å². The molecule has 1 aromatic rings. The van der Waals surface area contributed by atoms with Gasteiger partial charge in [0.15, 0.2) is 0 Å². The molecule has 0 fully saturated rings. The van der Waals surface area contributed by atoms with E-state index in [2.05, 4.69) is 24.2 Å². The molecule has 0 unspecified atom stereocenters. The van der Waals surface area contributed by atoms with Crippen molar-refractivity contribution in [2.24, 2.45) is 0 Å². The topological polar surface area (TPSA) is 30.7 Å². The average Bonchev–Trinajstić information content (AvgIpc) is 2.60. The normalized spacial score (nSPS) is 10.6. The van der Waals surface area contributed by atoms with Crippen molar-refractivity contribution in [1.29, 1.82) is 0 Å². The highest BCUT2D eigenvalue weighted by Gasteiger charge is 1.99. The second kappa shape index (κ2) is 5.73. The molecule has 0 aromatic carbocycles. The third-order valence-corrected chi connectivity index (χ3v) is 2.28. The fourth-order valence-corrected chi connectivity index (χ4v) is 1.43. The molecule has 1 aromatic heterocycles. The quantitative estimate of drug-likeness (QED) is 0.631. The van der Waals surface area contributed by atoms with Gasteiger partial charge in [0.25, 0.3) is 0 Å². The molecule has 74 valence electrons. The maximum Gasteiger partial charge on any atom is 0.0725 e. The minimum absolute atomic E-state index is 1.03. The Balaban J connectivity index is 2.27. The monoisotopic (exact) mass is 181 g/mol. The van der Waals surface area contributed by atoms with E-state index in [0.29, 0.717) is 0 Å². The molecule has 0 radical (unpaired) electrons. The first-order valence-corrected chi connectivity index (χ1v) is 5.25. The summed E-state index contributed by atoms with van der Waals surface area (Å²) in [6.07, 6.45) is 8.04. The first kappa shape index (κ1) is 10.2. The van der Waals surface area contributed by atoms with E-state index in [4.69, 9.17) is 0 Å². The van der Waals surface area contributed by atoms with Crippen LogP contribution in [0.5, 0.6) is 0 Å². The van der Waals surface area contributed by atoms with Crippen molar-refractivity contribution in [3.63, 3.8) is 0 Å². The van der Waals surface area contributed by atoms with E-state index in [-0.39, 0.29) is 0 Å². The van der Waals surface area contributed by atoms with Crippen LogP contribution in [0, 0.1) is 0 Å². The third kappa shape index (κ3) is 3.17. The largest absolute Gasteiger partial charge is 0.249 e. The van der Waals surface area contributed by atoms with Crippen molar-refractivity contribution in [2.45, 2.75) is 52.5 Å². The van der Waals surface area contributed by atoms with E-state index < -0.39 is 0 Å². The van der Waals surface area contributed by atoms with Gasteiger partial charge in [-0.25, -0.2) is 4.68 Å². The van der Waals surface area contributed by atoms with Gasteiger partial charge in [0.1, 0.15) is 0 Å². The predicted molar refractivity (Wildman–Crippen MR) is 53.5 cm³/mol. The lowest BCUT2D eigenvalue weighted by Gasteiger charge is -2.03. The summed E-state index contributed by atoms with van der Waals surface area (Å²) in [5, 5.41) is 7.96. The van der Waals surface area contributed by atoms with Crippen LogP contribution >= 0.6 is 0 Å². The Morgan fingerprint density at radius 1 is 1.23 bits per heavy atom. The summed E-state index contributed by atoms with van der Waals surface area (Å²) in [6, 6.07) is 0. The van der Waals surface area contributed by atoms with Crippen molar-refractivity contribution < 1.29 is 0 Å². The molecule has 1 heterocycles. The molecule has 0 amide bonds. The van der Waals surface area contributed by atoms with Gasteiger partial charge in [-0.3, -0.25) is 0 Å². The van der Waals surface area contributed by atoms with Crippen LogP contribution in [0.3, 0.4) is 0 Å². The summed E-state index contributed by atoms with van der Waals surface area (Å²) < 4.78 is 2.02. The molecule has 0 N–H and O–H groups in total. The van der Waals surface area contributed by atoms with Crippen LogP contribution in [0.1, 0.15) is 45.2 Å². The molecule has 0 spiro atoms. The standard InChI is InChI=1S/C10H19N3/c1-3-5-6-7-8-13-10(4-2)9-11-12-13/h9H,3-8H2,1-2H3. The lowest BCUT2D eigenvalue weighted by Crippen LogP contribution is -2.04.